The molecular formula is C14H16S2. The molecule has 0 radical (unpaired) electrons. The minimum atomic E-state index is 0.676. The average Bonchev–Trinajstić information content (AvgIpc) is 2.80. The van der Waals surface area contributed by atoms with Crippen molar-refractivity contribution in [3.63, 3.8) is 0 Å². The van der Waals surface area contributed by atoms with E-state index in [0.717, 1.165) is 0 Å². The summed E-state index contributed by atoms with van der Waals surface area (Å²) in [5.74, 6) is 0.676. The maximum Gasteiger partial charge on any atom is 0.0128 e. The van der Waals surface area contributed by atoms with E-state index in [2.05, 4.69) is 32.2 Å². The molecule has 2 aromatic heterocycles. The summed E-state index contributed by atoms with van der Waals surface area (Å²) in [6.45, 7) is 6.83. The van der Waals surface area contributed by atoms with Gasteiger partial charge in [0.25, 0.3) is 0 Å². The molecule has 0 unspecified atom stereocenters. The van der Waals surface area contributed by atoms with Gasteiger partial charge in [0.05, 0.1) is 0 Å². The Morgan fingerprint density at radius 3 is 2.75 bits per heavy atom. The molecule has 0 nitrogen and oxygen atoms in total. The predicted molar refractivity (Wildman–Crippen MR) is 73.1 cm³/mol. The standard InChI is InChI=1S/C14H16S2/c1-8(2)12-4-10-5-14-11(6-13(10)16-12)9(3)7-15-14/h4,7-8H,5-6H2,1-3H3. The van der Waals surface area contributed by atoms with Gasteiger partial charge >= 0.3 is 0 Å². The Bertz CT molecular complexity index is 529. The zero-order chi connectivity index (χ0) is 11.3. The van der Waals surface area contributed by atoms with Gasteiger partial charge in [-0.25, -0.2) is 0 Å². The van der Waals surface area contributed by atoms with E-state index in [0.29, 0.717) is 5.92 Å². The predicted octanol–water partition coefficient (Wildman–Crippen LogP) is 4.74. The molecule has 0 amide bonds. The third-order valence-corrected chi connectivity index (χ3v) is 5.99. The molecular weight excluding hydrogens is 232 g/mol. The number of thiophene rings is 2. The van der Waals surface area contributed by atoms with Gasteiger partial charge in [0.15, 0.2) is 0 Å². The minimum Gasteiger partial charge on any atom is -0.148 e. The summed E-state index contributed by atoms with van der Waals surface area (Å²) in [6, 6.07) is 2.43. The van der Waals surface area contributed by atoms with E-state index < -0.39 is 0 Å². The molecule has 2 aromatic rings. The maximum atomic E-state index is 2.43. The molecule has 0 spiro atoms. The van der Waals surface area contributed by atoms with E-state index in [9.17, 15) is 0 Å². The van der Waals surface area contributed by atoms with Gasteiger partial charge in [-0.15, -0.1) is 22.7 Å². The van der Waals surface area contributed by atoms with E-state index >= 15 is 0 Å². The van der Waals surface area contributed by atoms with E-state index in [1.54, 1.807) is 25.8 Å². The number of rotatable bonds is 1. The number of fused-ring (bicyclic) bond motifs is 2. The van der Waals surface area contributed by atoms with Gasteiger partial charge in [-0.3, -0.25) is 0 Å². The van der Waals surface area contributed by atoms with E-state index in [-0.39, 0.29) is 0 Å². The quantitative estimate of drug-likeness (QED) is 0.583. The van der Waals surface area contributed by atoms with Crippen molar-refractivity contribution in [2.75, 3.05) is 0 Å². The van der Waals surface area contributed by atoms with Gasteiger partial charge < -0.3 is 0 Å². The van der Waals surface area contributed by atoms with Crippen LogP contribution in [0.1, 0.15) is 51.1 Å². The third-order valence-electron chi connectivity index (χ3n) is 3.36. The van der Waals surface area contributed by atoms with E-state index in [1.165, 1.54) is 18.4 Å². The van der Waals surface area contributed by atoms with Crippen molar-refractivity contribution < 1.29 is 0 Å². The van der Waals surface area contributed by atoms with Crippen LogP contribution in [0, 0.1) is 6.92 Å². The van der Waals surface area contributed by atoms with Crippen molar-refractivity contribution in [2.45, 2.75) is 39.5 Å². The molecule has 2 heterocycles. The fourth-order valence-corrected chi connectivity index (χ4v) is 4.59. The van der Waals surface area contributed by atoms with Crippen LogP contribution in [-0.2, 0) is 12.8 Å². The average molecular weight is 248 g/mol. The smallest absolute Gasteiger partial charge is 0.0128 e. The molecule has 0 bridgehead atoms. The van der Waals surface area contributed by atoms with Gasteiger partial charge in [-0.1, -0.05) is 13.8 Å². The highest BCUT2D eigenvalue weighted by molar-refractivity contribution is 7.12. The Morgan fingerprint density at radius 2 is 2.00 bits per heavy atom. The van der Waals surface area contributed by atoms with Crippen LogP contribution in [0.4, 0.5) is 0 Å². The highest BCUT2D eigenvalue weighted by atomic mass is 32.1. The molecule has 84 valence electrons. The number of aryl methyl sites for hydroxylation is 1. The summed E-state index contributed by atoms with van der Waals surface area (Å²) in [7, 11) is 0. The van der Waals surface area contributed by atoms with Crippen molar-refractivity contribution in [3.8, 4) is 0 Å². The van der Waals surface area contributed by atoms with Gasteiger partial charge in [0.2, 0.25) is 0 Å². The Hall–Kier alpha value is -0.600. The lowest BCUT2D eigenvalue weighted by molar-refractivity contribution is 0.888. The molecule has 0 aliphatic heterocycles. The summed E-state index contributed by atoms with van der Waals surface area (Å²) in [4.78, 5) is 4.76. The van der Waals surface area contributed by atoms with Gasteiger partial charge in [-0.05, 0) is 41.0 Å². The highest BCUT2D eigenvalue weighted by Gasteiger charge is 2.21. The summed E-state index contributed by atoms with van der Waals surface area (Å²) in [5, 5.41) is 2.31. The van der Waals surface area contributed by atoms with Crippen LogP contribution in [0.2, 0.25) is 0 Å². The topological polar surface area (TPSA) is 0 Å². The highest BCUT2D eigenvalue weighted by Crippen LogP contribution is 2.39. The molecule has 16 heavy (non-hydrogen) atoms. The molecule has 3 rings (SSSR count). The Morgan fingerprint density at radius 1 is 1.19 bits per heavy atom. The molecule has 1 aliphatic rings. The van der Waals surface area contributed by atoms with Crippen molar-refractivity contribution >= 4 is 22.7 Å². The van der Waals surface area contributed by atoms with Crippen LogP contribution in [-0.4, -0.2) is 0 Å². The Labute approximate surface area is 105 Å². The SMILES string of the molecule is Cc1csc2c1Cc1sc(C(C)C)cc1C2. The third kappa shape index (κ3) is 1.56. The second kappa shape index (κ2) is 3.71. The Balaban J connectivity index is 2.03. The summed E-state index contributed by atoms with van der Waals surface area (Å²) in [6.07, 6.45) is 2.35. The van der Waals surface area contributed by atoms with Crippen LogP contribution in [0.3, 0.4) is 0 Å². The van der Waals surface area contributed by atoms with Gasteiger partial charge in [0, 0.05) is 27.5 Å². The number of hydrogen-bond acceptors (Lipinski definition) is 2. The van der Waals surface area contributed by atoms with Crippen LogP contribution in [0.25, 0.3) is 0 Å². The zero-order valence-corrected chi connectivity index (χ0v) is 11.6. The van der Waals surface area contributed by atoms with Crippen molar-refractivity contribution in [2.24, 2.45) is 0 Å². The van der Waals surface area contributed by atoms with Crippen LogP contribution in [0.15, 0.2) is 11.4 Å². The molecule has 0 N–H and O–H groups in total. The molecule has 0 fully saturated rings. The summed E-state index contributed by atoms with van der Waals surface area (Å²) >= 11 is 3.96. The normalized spacial score (nSPS) is 14.0. The van der Waals surface area contributed by atoms with Gasteiger partial charge in [0.1, 0.15) is 0 Å². The number of hydrogen-bond donors (Lipinski definition) is 0. The lowest BCUT2D eigenvalue weighted by atomic mass is 9.95. The van der Waals surface area contributed by atoms with Gasteiger partial charge in [-0.2, -0.15) is 0 Å². The van der Waals surface area contributed by atoms with Crippen molar-refractivity contribution in [1.29, 1.82) is 0 Å². The monoisotopic (exact) mass is 248 g/mol. The lowest BCUT2D eigenvalue weighted by Gasteiger charge is -2.12. The largest absolute Gasteiger partial charge is 0.148 e. The molecule has 0 aromatic carbocycles. The first-order chi connectivity index (χ1) is 7.65. The molecule has 0 atom stereocenters. The van der Waals surface area contributed by atoms with Crippen molar-refractivity contribution in [1.82, 2.24) is 0 Å². The maximum absolute atomic E-state index is 2.43. The van der Waals surface area contributed by atoms with Crippen LogP contribution in [0.5, 0.6) is 0 Å². The molecule has 2 heteroatoms. The zero-order valence-electron chi connectivity index (χ0n) is 9.96. The minimum absolute atomic E-state index is 0.676. The van der Waals surface area contributed by atoms with E-state index in [4.69, 9.17) is 0 Å². The van der Waals surface area contributed by atoms with Crippen molar-refractivity contribution in [3.05, 3.63) is 42.8 Å². The van der Waals surface area contributed by atoms with E-state index in [1.807, 2.05) is 22.7 Å². The second-order valence-electron chi connectivity index (χ2n) is 4.93. The Kier molecular flexibility index (Phi) is 2.45. The molecule has 0 saturated heterocycles. The van der Waals surface area contributed by atoms with Crippen LogP contribution >= 0.6 is 22.7 Å². The fourth-order valence-electron chi connectivity index (χ4n) is 2.31. The first-order valence-electron chi connectivity index (χ1n) is 5.82. The van der Waals surface area contributed by atoms with Crippen LogP contribution < -0.4 is 0 Å². The second-order valence-corrected chi connectivity index (χ2v) is 7.06. The molecule has 1 aliphatic carbocycles. The summed E-state index contributed by atoms with van der Waals surface area (Å²) < 4.78 is 0. The fraction of sp³-hybridized carbons (Fsp3) is 0.429. The first-order valence-corrected chi connectivity index (χ1v) is 7.52. The summed E-state index contributed by atoms with van der Waals surface area (Å²) in [5.41, 5.74) is 4.68. The first kappa shape index (κ1) is 10.5. The molecule has 0 saturated carbocycles. The lowest BCUT2D eigenvalue weighted by Crippen LogP contribution is -2.01.